The summed E-state index contributed by atoms with van der Waals surface area (Å²) in [5.41, 5.74) is 4.34. The number of benzene rings is 3. The topological polar surface area (TPSA) is 58.6 Å². The molecule has 0 unspecified atom stereocenters. The number of carbonyl (C=O) groups is 1. The van der Waals surface area contributed by atoms with Gasteiger partial charge in [0.05, 0.1) is 5.69 Å². The zero-order valence-corrected chi connectivity index (χ0v) is 15.8. The van der Waals surface area contributed by atoms with Gasteiger partial charge in [-0.25, -0.2) is 0 Å². The van der Waals surface area contributed by atoms with Gasteiger partial charge in [-0.3, -0.25) is 4.79 Å². The molecule has 4 heteroatoms. The van der Waals surface area contributed by atoms with Crippen LogP contribution < -0.4 is 0 Å². The average molecular weight is 377 g/mol. The molecule has 0 spiro atoms. The van der Waals surface area contributed by atoms with Crippen molar-refractivity contribution < 1.29 is 4.79 Å². The van der Waals surface area contributed by atoms with E-state index in [0.717, 1.165) is 12.0 Å². The fraction of sp³-hybridized carbons (Fsp3) is 0.0800. The molecule has 4 rings (SSSR count). The van der Waals surface area contributed by atoms with Crippen LogP contribution in [0, 0.1) is 11.8 Å². The highest BCUT2D eigenvalue weighted by atomic mass is 16.1. The Balaban J connectivity index is 1.58. The van der Waals surface area contributed by atoms with E-state index in [-0.39, 0.29) is 5.78 Å². The SMILES string of the molecule is O=C(c1ccccc1C#Cc1ccccc1)c1n[nH]nc1CCc1ccccc1. The van der Waals surface area contributed by atoms with E-state index in [4.69, 9.17) is 0 Å². The Morgan fingerprint density at radius 1 is 0.759 bits per heavy atom. The number of carbonyl (C=O) groups excluding carboxylic acids is 1. The molecular weight excluding hydrogens is 358 g/mol. The summed E-state index contributed by atoms with van der Waals surface area (Å²) in [7, 11) is 0. The number of nitrogens with zero attached hydrogens (tertiary/aromatic N) is 2. The molecule has 0 amide bonds. The molecule has 4 aromatic rings. The average Bonchev–Trinajstić information content (AvgIpc) is 3.26. The second kappa shape index (κ2) is 8.81. The van der Waals surface area contributed by atoms with Crippen LogP contribution in [-0.2, 0) is 12.8 Å². The number of ketones is 1. The first-order valence-corrected chi connectivity index (χ1v) is 9.45. The number of rotatable bonds is 5. The molecule has 0 saturated heterocycles. The van der Waals surface area contributed by atoms with Crippen LogP contribution >= 0.6 is 0 Å². The van der Waals surface area contributed by atoms with Crippen molar-refractivity contribution in [3.63, 3.8) is 0 Å². The summed E-state index contributed by atoms with van der Waals surface area (Å²) >= 11 is 0. The van der Waals surface area contributed by atoms with Crippen LogP contribution in [0.4, 0.5) is 0 Å². The van der Waals surface area contributed by atoms with Gasteiger partial charge in [0.2, 0.25) is 5.78 Å². The lowest BCUT2D eigenvalue weighted by Gasteiger charge is -2.04. The molecule has 0 aliphatic heterocycles. The first kappa shape index (κ1) is 18.4. The normalized spacial score (nSPS) is 10.2. The van der Waals surface area contributed by atoms with Crippen molar-refractivity contribution in [1.82, 2.24) is 15.4 Å². The summed E-state index contributed by atoms with van der Waals surface area (Å²) in [5, 5.41) is 10.9. The van der Waals surface area contributed by atoms with E-state index in [9.17, 15) is 4.79 Å². The maximum Gasteiger partial charge on any atom is 0.216 e. The van der Waals surface area contributed by atoms with Crippen LogP contribution in [0.25, 0.3) is 0 Å². The van der Waals surface area contributed by atoms with E-state index in [1.165, 1.54) is 5.56 Å². The molecule has 0 radical (unpaired) electrons. The highest BCUT2D eigenvalue weighted by Crippen LogP contribution is 2.16. The molecule has 1 heterocycles. The first-order valence-electron chi connectivity index (χ1n) is 9.45. The Kier molecular flexibility index (Phi) is 5.59. The predicted molar refractivity (Wildman–Crippen MR) is 113 cm³/mol. The van der Waals surface area contributed by atoms with E-state index in [1.54, 1.807) is 6.07 Å². The smallest absolute Gasteiger partial charge is 0.216 e. The van der Waals surface area contributed by atoms with Crippen molar-refractivity contribution in [3.05, 3.63) is 119 Å². The summed E-state index contributed by atoms with van der Waals surface area (Å²) in [5.74, 6) is 6.07. The monoisotopic (exact) mass is 377 g/mol. The quantitative estimate of drug-likeness (QED) is 0.418. The van der Waals surface area contributed by atoms with Crippen molar-refractivity contribution >= 4 is 5.78 Å². The zero-order valence-electron chi connectivity index (χ0n) is 15.8. The van der Waals surface area contributed by atoms with Gasteiger partial charge in [-0.2, -0.15) is 15.4 Å². The van der Waals surface area contributed by atoms with Crippen molar-refractivity contribution in [3.8, 4) is 11.8 Å². The molecule has 0 aliphatic carbocycles. The second-order valence-electron chi connectivity index (χ2n) is 6.60. The summed E-state index contributed by atoms with van der Waals surface area (Å²) in [6.45, 7) is 0. The van der Waals surface area contributed by atoms with Crippen LogP contribution in [-0.4, -0.2) is 21.2 Å². The van der Waals surface area contributed by atoms with Gasteiger partial charge in [-0.1, -0.05) is 72.5 Å². The second-order valence-corrected chi connectivity index (χ2v) is 6.60. The number of aryl methyl sites for hydroxylation is 2. The third-order valence-corrected chi connectivity index (χ3v) is 4.62. The molecular formula is C25H19N3O. The van der Waals surface area contributed by atoms with Crippen molar-refractivity contribution in [2.45, 2.75) is 12.8 Å². The molecule has 0 bridgehead atoms. The summed E-state index contributed by atoms with van der Waals surface area (Å²) in [6, 6.07) is 27.2. The molecule has 1 aromatic heterocycles. The first-order chi connectivity index (χ1) is 14.3. The van der Waals surface area contributed by atoms with E-state index >= 15 is 0 Å². The van der Waals surface area contributed by atoms with Crippen molar-refractivity contribution in [1.29, 1.82) is 0 Å². The van der Waals surface area contributed by atoms with Crippen molar-refractivity contribution in [2.24, 2.45) is 0 Å². The van der Waals surface area contributed by atoms with E-state index < -0.39 is 0 Å². The van der Waals surface area contributed by atoms with Crippen LogP contribution in [0.5, 0.6) is 0 Å². The number of hydrogen-bond acceptors (Lipinski definition) is 3. The van der Waals surface area contributed by atoms with Gasteiger partial charge >= 0.3 is 0 Å². The standard InChI is InChI=1S/C25H19N3O/c29-25(24-23(26-28-27-24)18-16-20-11-5-2-6-12-20)22-14-8-7-13-21(22)17-15-19-9-3-1-4-10-19/h1-14H,16,18H2,(H,26,27,28). The number of hydrogen-bond donors (Lipinski definition) is 1. The lowest BCUT2D eigenvalue weighted by molar-refractivity contribution is 0.103. The molecule has 0 fully saturated rings. The Morgan fingerprint density at radius 2 is 1.45 bits per heavy atom. The van der Waals surface area contributed by atoms with Gasteiger partial charge in [0.25, 0.3) is 0 Å². The van der Waals surface area contributed by atoms with Crippen LogP contribution in [0.1, 0.15) is 38.4 Å². The van der Waals surface area contributed by atoms with E-state index in [1.807, 2.05) is 66.7 Å². The number of aromatic amines is 1. The van der Waals surface area contributed by atoms with E-state index in [0.29, 0.717) is 28.9 Å². The third kappa shape index (κ3) is 4.48. The summed E-state index contributed by atoms with van der Waals surface area (Å²) < 4.78 is 0. The Hall–Kier alpha value is -3.97. The largest absolute Gasteiger partial charge is 0.287 e. The van der Waals surface area contributed by atoms with Gasteiger partial charge in [0.15, 0.2) is 5.69 Å². The van der Waals surface area contributed by atoms with Crippen LogP contribution in [0.2, 0.25) is 0 Å². The fourth-order valence-corrected chi connectivity index (χ4v) is 3.10. The summed E-state index contributed by atoms with van der Waals surface area (Å²) in [6.07, 6.45) is 1.43. The predicted octanol–water partition coefficient (Wildman–Crippen LogP) is 4.22. The lowest BCUT2D eigenvalue weighted by Crippen LogP contribution is -2.08. The Morgan fingerprint density at radius 3 is 2.24 bits per heavy atom. The minimum Gasteiger partial charge on any atom is -0.287 e. The van der Waals surface area contributed by atoms with Crippen LogP contribution in [0.3, 0.4) is 0 Å². The molecule has 1 N–H and O–H groups in total. The minimum atomic E-state index is -0.167. The minimum absolute atomic E-state index is 0.167. The van der Waals surface area contributed by atoms with Gasteiger partial charge in [0.1, 0.15) is 0 Å². The number of H-pyrrole nitrogens is 1. The Labute approximate surface area is 169 Å². The highest BCUT2D eigenvalue weighted by molar-refractivity contribution is 6.09. The molecule has 0 atom stereocenters. The highest BCUT2D eigenvalue weighted by Gasteiger charge is 2.20. The van der Waals surface area contributed by atoms with Gasteiger partial charge in [-0.05, 0) is 42.7 Å². The molecule has 4 nitrogen and oxygen atoms in total. The van der Waals surface area contributed by atoms with Gasteiger partial charge < -0.3 is 0 Å². The van der Waals surface area contributed by atoms with E-state index in [2.05, 4.69) is 39.4 Å². The maximum atomic E-state index is 13.2. The molecule has 0 aliphatic rings. The van der Waals surface area contributed by atoms with Crippen molar-refractivity contribution in [2.75, 3.05) is 0 Å². The molecule has 29 heavy (non-hydrogen) atoms. The molecule has 3 aromatic carbocycles. The molecule has 0 saturated carbocycles. The lowest BCUT2D eigenvalue weighted by atomic mass is 9.99. The number of aromatic nitrogens is 3. The summed E-state index contributed by atoms with van der Waals surface area (Å²) in [4.78, 5) is 13.2. The Bertz CT molecular complexity index is 1170. The fourth-order valence-electron chi connectivity index (χ4n) is 3.10. The van der Waals surface area contributed by atoms with Gasteiger partial charge in [-0.15, -0.1) is 0 Å². The molecule has 140 valence electrons. The maximum absolute atomic E-state index is 13.2. The zero-order chi connectivity index (χ0) is 19.9. The van der Waals surface area contributed by atoms with Crippen LogP contribution in [0.15, 0.2) is 84.9 Å². The van der Waals surface area contributed by atoms with Gasteiger partial charge in [0, 0.05) is 16.7 Å². The number of nitrogens with one attached hydrogen (secondary N) is 1. The third-order valence-electron chi connectivity index (χ3n) is 4.62.